The van der Waals surface area contributed by atoms with Gasteiger partial charge in [-0.2, -0.15) is 0 Å². The van der Waals surface area contributed by atoms with Crippen molar-refractivity contribution in [3.05, 3.63) is 77.4 Å². The lowest BCUT2D eigenvalue weighted by Gasteiger charge is -2.23. The van der Waals surface area contributed by atoms with Gasteiger partial charge in [0, 0.05) is 0 Å². The number of rotatable bonds is 0. The molecular weight excluding hydrogens is 216 g/mol. The Hall–Kier alpha value is -2.08. The molecule has 0 N–H and O–H groups in total. The highest BCUT2D eigenvalue weighted by Gasteiger charge is 2.18. The van der Waals surface area contributed by atoms with E-state index < -0.39 is 0 Å². The number of fused-ring (bicyclic) bond motifs is 5. The summed E-state index contributed by atoms with van der Waals surface area (Å²) in [7, 11) is 0. The minimum Gasteiger partial charge on any atom is -0.0801 e. The smallest absolute Gasteiger partial charge is 0.00790 e. The van der Waals surface area contributed by atoms with Crippen LogP contribution < -0.4 is 0 Å². The lowest BCUT2D eigenvalue weighted by atomic mass is 9.81. The van der Waals surface area contributed by atoms with Gasteiger partial charge in [-0.25, -0.2) is 0 Å². The van der Waals surface area contributed by atoms with E-state index in [0.29, 0.717) is 0 Å². The maximum absolute atomic E-state index is 2.39. The molecule has 0 nitrogen and oxygen atoms in total. The van der Waals surface area contributed by atoms with Gasteiger partial charge in [-0.15, -0.1) is 0 Å². The van der Waals surface area contributed by atoms with Crippen LogP contribution in [0.2, 0.25) is 0 Å². The van der Waals surface area contributed by atoms with Gasteiger partial charge in [0.2, 0.25) is 0 Å². The summed E-state index contributed by atoms with van der Waals surface area (Å²) in [5, 5.41) is 2.75. The molecule has 0 saturated carbocycles. The monoisotopic (exact) mass is 230 g/mol. The predicted octanol–water partition coefficient (Wildman–Crippen LogP) is 4.67. The SMILES string of the molecule is C1=CCC2=CCc3c(ccc4ccccc34)C2=C1. The van der Waals surface area contributed by atoms with Crippen LogP contribution in [0.1, 0.15) is 17.5 Å². The fourth-order valence-corrected chi connectivity index (χ4v) is 3.07. The van der Waals surface area contributed by atoms with Gasteiger partial charge in [-0.1, -0.05) is 60.7 Å². The first kappa shape index (κ1) is 9.90. The van der Waals surface area contributed by atoms with Gasteiger partial charge in [0.15, 0.2) is 0 Å². The molecule has 86 valence electrons. The molecule has 0 atom stereocenters. The zero-order chi connectivity index (χ0) is 11.9. The Morgan fingerprint density at radius 2 is 1.83 bits per heavy atom. The van der Waals surface area contributed by atoms with Crippen molar-refractivity contribution < 1.29 is 0 Å². The first-order valence-electron chi connectivity index (χ1n) is 6.51. The number of allylic oxidation sites excluding steroid dienone is 6. The van der Waals surface area contributed by atoms with Crippen molar-refractivity contribution in [3.63, 3.8) is 0 Å². The van der Waals surface area contributed by atoms with Crippen LogP contribution in [0.15, 0.2) is 66.3 Å². The molecule has 0 unspecified atom stereocenters. The molecule has 4 rings (SSSR count). The standard InChI is InChI=1S/C18H14/c1-3-7-15-13(5-1)9-11-18-16-8-4-2-6-14(16)10-12-17(15)18/h1-5,7-11H,6,12H2. The summed E-state index contributed by atoms with van der Waals surface area (Å²) in [5.41, 5.74) is 5.82. The Kier molecular flexibility index (Phi) is 2.04. The molecule has 2 aromatic rings. The minimum atomic E-state index is 1.07. The van der Waals surface area contributed by atoms with Crippen LogP contribution in [0.5, 0.6) is 0 Å². The van der Waals surface area contributed by atoms with Crippen LogP contribution in [0.4, 0.5) is 0 Å². The van der Waals surface area contributed by atoms with Crippen molar-refractivity contribution in [1.82, 2.24) is 0 Å². The highest BCUT2D eigenvalue weighted by atomic mass is 14.2. The van der Waals surface area contributed by atoms with E-state index >= 15 is 0 Å². The lowest BCUT2D eigenvalue weighted by Crippen LogP contribution is -2.04. The summed E-state index contributed by atoms with van der Waals surface area (Å²) in [6.45, 7) is 0. The average Bonchev–Trinajstić information content (AvgIpc) is 2.46. The van der Waals surface area contributed by atoms with Gasteiger partial charge in [-0.05, 0) is 45.9 Å². The first-order valence-corrected chi connectivity index (χ1v) is 6.51. The summed E-state index contributed by atoms with van der Waals surface area (Å²) in [6, 6.07) is 13.2. The molecule has 0 heteroatoms. The van der Waals surface area contributed by atoms with E-state index in [1.165, 1.54) is 33.0 Å². The van der Waals surface area contributed by atoms with Crippen molar-refractivity contribution >= 4 is 16.3 Å². The first-order chi connectivity index (χ1) is 8.93. The molecule has 0 radical (unpaired) electrons. The average molecular weight is 230 g/mol. The van der Waals surface area contributed by atoms with E-state index in [1.807, 2.05) is 0 Å². The summed E-state index contributed by atoms with van der Waals surface area (Å²) in [6.07, 6.45) is 11.2. The molecule has 2 aromatic carbocycles. The van der Waals surface area contributed by atoms with E-state index in [1.54, 1.807) is 0 Å². The highest BCUT2D eigenvalue weighted by molar-refractivity contribution is 5.95. The molecule has 0 amide bonds. The Balaban J connectivity index is 2.05. The number of hydrogen-bond donors (Lipinski definition) is 0. The molecule has 18 heavy (non-hydrogen) atoms. The molecule has 0 aromatic heterocycles. The molecule has 0 heterocycles. The van der Waals surface area contributed by atoms with Crippen molar-refractivity contribution in [3.8, 4) is 0 Å². The molecule has 0 fully saturated rings. The van der Waals surface area contributed by atoms with Crippen molar-refractivity contribution in [1.29, 1.82) is 0 Å². The molecular formula is C18H14. The zero-order valence-electron chi connectivity index (χ0n) is 10.2. The van der Waals surface area contributed by atoms with Gasteiger partial charge in [-0.3, -0.25) is 0 Å². The van der Waals surface area contributed by atoms with Crippen molar-refractivity contribution in [2.45, 2.75) is 12.8 Å². The van der Waals surface area contributed by atoms with E-state index in [2.05, 4.69) is 60.7 Å². The van der Waals surface area contributed by atoms with Gasteiger partial charge >= 0.3 is 0 Å². The summed E-state index contributed by atoms with van der Waals surface area (Å²) < 4.78 is 0. The van der Waals surface area contributed by atoms with Crippen LogP contribution in [0, 0.1) is 0 Å². The van der Waals surface area contributed by atoms with Crippen LogP contribution in [0.3, 0.4) is 0 Å². The fraction of sp³-hybridized carbons (Fsp3) is 0.111. The molecule has 0 spiro atoms. The Bertz CT molecular complexity index is 727. The third-order valence-corrected chi connectivity index (χ3v) is 3.97. The zero-order valence-corrected chi connectivity index (χ0v) is 10.2. The highest BCUT2D eigenvalue weighted by Crippen LogP contribution is 2.38. The van der Waals surface area contributed by atoms with E-state index in [0.717, 1.165) is 12.8 Å². The molecule has 0 saturated heterocycles. The van der Waals surface area contributed by atoms with Gasteiger partial charge in [0.05, 0.1) is 0 Å². The molecule has 0 aliphatic heterocycles. The molecule has 0 bridgehead atoms. The quantitative estimate of drug-likeness (QED) is 0.617. The van der Waals surface area contributed by atoms with Crippen LogP contribution >= 0.6 is 0 Å². The van der Waals surface area contributed by atoms with Gasteiger partial charge in [0.1, 0.15) is 0 Å². The third-order valence-electron chi connectivity index (χ3n) is 3.97. The van der Waals surface area contributed by atoms with E-state index in [4.69, 9.17) is 0 Å². The van der Waals surface area contributed by atoms with Gasteiger partial charge < -0.3 is 0 Å². The summed E-state index contributed by atoms with van der Waals surface area (Å²) >= 11 is 0. The van der Waals surface area contributed by atoms with Gasteiger partial charge in [0.25, 0.3) is 0 Å². The topological polar surface area (TPSA) is 0 Å². The molecule has 2 aliphatic carbocycles. The maximum Gasteiger partial charge on any atom is -0.00790 e. The van der Waals surface area contributed by atoms with Crippen LogP contribution in [0.25, 0.3) is 16.3 Å². The number of benzene rings is 2. The lowest BCUT2D eigenvalue weighted by molar-refractivity contribution is 1.15. The Morgan fingerprint density at radius 3 is 2.83 bits per heavy atom. The van der Waals surface area contributed by atoms with Crippen LogP contribution in [-0.4, -0.2) is 0 Å². The summed E-state index contributed by atoms with van der Waals surface area (Å²) in [4.78, 5) is 0. The van der Waals surface area contributed by atoms with E-state index in [9.17, 15) is 0 Å². The van der Waals surface area contributed by atoms with Crippen LogP contribution in [-0.2, 0) is 6.42 Å². The molecule has 2 aliphatic rings. The van der Waals surface area contributed by atoms with Crippen molar-refractivity contribution in [2.75, 3.05) is 0 Å². The normalized spacial score (nSPS) is 16.9. The summed E-state index contributed by atoms with van der Waals surface area (Å²) in [5.74, 6) is 0. The largest absolute Gasteiger partial charge is 0.0801 e. The maximum atomic E-state index is 2.39. The second-order valence-corrected chi connectivity index (χ2v) is 4.96. The second kappa shape index (κ2) is 3.71. The second-order valence-electron chi connectivity index (χ2n) is 4.96. The third kappa shape index (κ3) is 1.32. The number of hydrogen-bond acceptors (Lipinski definition) is 0. The van der Waals surface area contributed by atoms with Crippen molar-refractivity contribution in [2.24, 2.45) is 0 Å². The predicted molar refractivity (Wildman–Crippen MR) is 77.5 cm³/mol. The fourth-order valence-electron chi connectivity index (χ4n) is 3.07. The minimum absolute atomic E-state index is 1.07. The Morgan fingerprint density at radius 1 is 0.889 bits per heavy atom. The van der Waals surface area contributed by atoms with E-state index in [-0.39, 0.29) is 0 Å². The Labute approximate surface area is 107 Å².